The summed E-state index contributed by atoms with van der Waals surface area (Å²) >= 11 is 0. The molecule has 0 unspecified atom stereocenters. The Bertz CT molecular complexity index is 585. The third kappa shape index (κ3) is 6.51. The molecule has 1 aromatic carbocycles. The van der Waals surface area contributed by atoms with E-state index in [9.17, 15) is 5.11 Å². The highest BCUT2D eigenvalue weighted by Crippen LogP contribution is 2.23. The molecule has 1 aliphatic heterocycles. The molecule has 0 radical (unpaired) electrons. The Labute approximate surface area is 151 Å². The standard InChI is InChI=1S/C22H28O3/c1-3-5-7-14-19(23)21-15-10-11-16-22(25-21)20(4-2)24-17-18-12-8-6-9-13-18/h1,5-13,19-23H,4,14-17H2,2H3/b7-5-/t19-,20-,21+,22+/m0/s1. The zero-order valence-corrected chi connectivity index (χ0v) is 14.9. The number of aliphatic hydroxyl groups excluding tert-OH is 1. The van der Waals surface area contributed by atoms with Gasteiger partial charge in [-0.3, -0.25) is 0 Å². The minimum absolute atomic E-state index is 0.00101. The van der Waals surface area contributed by atoms with Crippen LogP contribution < -0.4 is 0 Å². The first-order valence-corrected chi connectivity index (χ1v) is 8.99. The van der Waals surface area contributed by atoms with Crippen molar-refractivity contribution in [3.05, 3.63) is 60.2 Å². The van der Waals surface area contributed by atoms with Gasteiger partial charge in [0.15, 0.2) is 0 Å². The fraction of sp³-hybridized carbons (Fsp3) is 0.455. The summed E-state index contributed by atoms with van der Waals surface area (Å²) in [6.45, 7) is 2.68. The van der Waals surface area contributed by atoms with Gasteiger partial charge in [0, 0.05) is 0 Å². The summed E-state index contributed by atoms with van der Waals surface area (Å²) in [7, 11) is 0. The fourth-order valence-electron chi connectivity index (χ4n) is 2.98. The molecule has 0 bridgehead atoms. The van der Waals surface area contributed by atoms with Gasteiger partial charge in [-0.2, -0.15) is 0 Å². The van der Waals surface area contributed by atoms with Gasteiger partial charge in [0.2, 0.25) is 0 Å². The van der Waals surface area contributed by atoms with Crippen LogP contribution >= 0.6 is 0 Å². The molecule has 2 rings (SSSR count). The first-order valence-electron chi connectivity index (χ1n) is 8.99. The van der Waals surface area contributed by atoms with Gasteiger partial charge in [0.1, 0.15) is 0 Å². The number of benzene rings is 1. The molecule has 0 aromatic heterocycles. The number of rotatable bonds is 8. The molecular formula is C22H28O3. The molecule has 0 saturated heterocycles. The molecule has 0 amide bonds. The Morgan fingerprint density at radius 2 is 2.00 bits per heavy atom. The van der Waals surface area contributed by atoms with Gasteiger partial charge >= 0.3 is 0 Å². The van der Waals surface area contributed by atoms with Gasteiger partial charge in [0.05, 0.1) is 31.0 Å². The average molecular weight is 340 g/mol. The van der Waals surface area contributed by atoms with Crippen molar-refractivity contribution >= 4 is 0 Å². The summed E-state index contributed by atoms with van der Waals surface area (Å²) in [5.74, 6) is 2.44. The maximum atomic E-state index is 10.4. The van der Waals surface area contributed by atoms with Crippen LogP contribution in [0.2, 0.25) is 0 Å². The number of ether oxygens (including phenoxy) is 2. The first kappa shape index (κ1) is 19.5. The average Bonchev–Trinajstić information content (AvgIpc) is 2.90. The second-order valence-electron chi connectivity index (χ2n) is 6.27. The smallest absolute Gasteiger partial charge is 0.0876 e. The van der Waals surface area contributed by atoms with Crippen molar-refractivity contribution in [1.29, 1.82) is 0 Å². The molecule has 1 N–H and O–H groups in total. The van der Waals surface area contributed by atoms with Crippen LogP contribution in [0.3, 0.4) is 0 Å². The van der Waals surface area contributed by atoms with Gasteiger partial charge in [-0.25, -0.2) is 0 Å². The topological polar surface area (TPSA) is 38.7 Å². The number of terminal acetylenes is 1. The number of aliphatic hydroxyl groups is 1. The zero-order valence-electron chi connectivity index (χ0n) is 14.9. The van der Waals surface area contributed by atoms with E-state index in [-0.39, 0.29) is 18.3 Å². The molecule has 25 heavy (non-hydrogen) atoms. The predicted molar refractivity (Wildman–Crippen MR) is 101 cm³/mol. The van der Waals surface area contributed by atoms with Crippen LogP contribution in [-0.4, -0.2) is 29.5 Å². The molecule has 0 aliphatic carbocycles. The van der Waals surface area contributed by atoms with Crippen LogP contribution in [0.4, 0.5) is 0 Å². The minimum Gasteiger partial charge on any atom is -0.390 e. The minimum atomic E-state index is -0.568. The molecule has 1 aliphatic rings. The Kier molecular flexibility index (Phi) is 8.48. The van der Waals surface area contributed by atoms with Crippen LogP contribution in [-0.2, 0) is 16.1 Å². The lowest BCUT2D eigenvalue weighted by Crippen LogP contribution is -2.38. The summed E-state index contributed by atoms with van der Waals surface area (Å²) in [6.07, 6.45) is 14.9. The molecular weight excluding hydrogens is 312 g/mol. The number of allylic oxidation sites excluding steroid dienone is 1. The van der Waals surface area contributed by atoms with Crippen LogP contribution in [0, 0.1) is 12.3 Å². The van der Waals surface area contributed by atoms with Gasteiger partial charge in [-0.05, 0) is 37.3 Å². The Hall–Kier alpha value is -1.86. The Morgan fingerprint density at radius 1 is 1.28 bits per heavy atom. The summed E-state index contributed by atoms with van der Waals surface area (Å²) in [5, 5.41) is 10.4. The van der Waals surface area contributed by atoms with Crippen molar-refractivity contribution in [3.63, 3.8) is 0 Å². The maximum absolute atomic E-state index is 10.4. The number of hydrogen-bond acceptors (Lipinski definition) is 3. The highest BCUT2D eigenvalue weighted by Gasteiger charge is 2.28. The number of hydrogen-bond donors (Lipinski definition) is 1. The van der Waals surface area contributed by atoms with Crippen LogP contribution in [0.5, 0.6) is 0 Å². The van der Waals surface area contributed by atoms with E-state index < -0.39 is 6.10 Å². The fourth-order valence-corrected chi connectivity index (χ4v) is 2.98. The molecule has 4 atom stereocenters. The first-order chi connectivity index (χ1) is 12.2. The lowest BCUT2D eigenvalue weighted by molar-refractivity contribution is -0.130. The predicted octanol–water partition coefficient (Wildman–Crippen LogP) is 4.03. The van der Waals surface area contributed by atoms with E-state index in [1.54, 1.807) is 12.2 Å². The lowest BCUT2D eigenvalue weighted by Gasteiger charge is -2.30. The molecule has 3 heteroatoms. The van der Waals surface area contributed by atoms with E-state index in [1.165, 1.54) is 0 Å². The van der Waals surface area contributed by atoms with Crippen LogP contribution in [0.25, 0.3) is 0 Å². The third-order valence-electron chi connectivity index (χ3n) is 4.40. The molecule has 1 aromatic rings. The quantitative estimate of drug-likeness (QED) is 0.574. The van der Waals surface area contributed by atoms with Gasteiger partial charge in [0.25, 0.3) is 0 Å². The van der Waals surface area contributed by atoms with Crippen molar-refractivity contribution in [1.82, 2.24) is 0 Å². The van der Waals surface area contributed by atoms with Crippen LogP contribution in [0.15, 0.2) is 54.6 Å². The largest absolute Gasteiger partial charge is 0.390 e. The molecule has 134 valence electrons. The van der Waals surface area contributed by atoms with Crippen LogP contribution in [0.1, 0.15) is 38.2 Å². The summed E-state index contributed by atoms with van der Waals surface area (Å²) in [5.41, 5.74) is 1.15. The SMILES string of the molecule is C#C/C=C\C[C@H](O)[C@H]1CC=CC[C@H]([C@H](CC)OCc2ccccc2)O1. The van der Waals surface area contributed by atoms with E-state index in [2.05, 4.69) is 37.1 Å². The third-order valence-corrected chi connectivity index (χ3v) is 4.40. The second kappa shape index (κ2) is 10.9. The van der Waals surface area contributed by atoms with E-state index in [4.69, 9.17) is 15.9 Å². The van der Waals surface area contributed by atoms with E-state index in [0.29, 0.717) is 19.4 Å². The normalized spacial score (nSPS) is 23.1. The van der Waals surface area contributed by atoms with E-state index >= 15 is 0 Å². The maximum Gasteiger partial charge on any atom is 0.0876 e. The Morgan fingerprint density at radius 3 is 2.68 bits per heavy atom. The van der Waals surface area contributed by atoms with E-state index in [0.717, 1.165) is 18.4 Å². The molecule has 0 spiro atoms. The van der Waals surface area contributed by atoms with Gasteiger partial charge in [-0.15, -0.1) is 6.42 Å². The molecule has 3 nitrogen and oxygen atoms in total. The Balaban J connectivity index is 1.94. The van der Waals surface area contributed by atoms with Crippen molar-refractivity contribution in [2.45, 2.75) is 63.6 Å². The second-order valence-corrected chi connectivity index (χ2v) is 6.27. The van der Waals surface area contributed by atoms with Crippen molar-refractivity contribution in [2.24, 2.45) is 0 Å². The zero-order chi connectivity index (χ0) is 17.9. The van der Waals surface area contributed by atoms with Gasteiger partial charge < -0.3 is 14.6 Å². The van der Waals surface area contributed by atoms with E-state index in [1.807, 2.05) is 18.2 Å². The van der Waals surface area contributed by atoms with Gasteiger partial charge in [-0.1, -0.05) is 61.4 Å². The monoisotopic (exact) mass is 340 g/mol. The highest BCUT2D eigenvalue weighted by molar-refractivity contribution is 5.13. The molecule has 1 heterocycles. The summed E-state index contributed by atoms with van der Waals surface area (Å²) in [6, 6.07) is 10.2. The van der Waals surface area contributed by atoms with Crippen molar-refractivity contribution in [3.8, 4) is 12.3 Å². The molecule has 0 fully saturated rings. The summed E-state index contributed by atoms with van der Waals surface area (Å²) in [4.78, 5) is 0. The lowest BCUT2D eigenvalue weighted by atomic mass is 10.1. The summed E-state index contributed by atoms with van der Waals surface area (Å²) < 4.78 is 12.3. The van der Waals surface area contributed by atoms with Crippen molar-refractivity contribution < 1.29 is 14.6 Å². The molecule has 0 saturated carbocycles. The highest BCUT2D eigenvalue weighted by atomic mass is 16.6. The van der Waals surface area contributed by atoms with Crippen molar-refractivity contribution in [2.75, 3.05) is 0 Å².